The molecule has 1 aliphatic rings. The van der Waals surface area contributed by atoms with Gasteiger partial charge in [-0.2, -0.15) is 0 Å². The first-order valence-corrected chi connectivity index (χ1v) is 5.88. The van der Waals surface area contributed by atoms with Gasteiger partial charge in [-0.15, -0.1) is 0 Å². The normalized spacial score (nSPS) is 20.8. The van der Waals surface area contributed by atoms with Crippen LogP contribution in [0.15, 0.2) is 12.1 Å². The Morgan fingerprint density at radius 1 is 1.50 bits per heavy atom. The van der Waals surface area contributed by atoms with E-state index >= 15 is 0 Å². The zero-order chi connectivity index (χ0) is 11.5. The Morgan fingerprint density at radius 2 is 2.31 bits per heavy atom. The molecular formula is C12H16ClNO2. The number of phenols is 1. The van der Waals surface area contributed by atoms with Crippen LogP contribution in [0.2, 0.25) is 5.02 Å². The first-order valence-electron chi connectivity index (χ1n) is 5.50. The molecule has 1 heterocycles. The molecule has 1 aromatic carbocycles. The third kappa shape index (κ3) is 2.11. The highest BCUT2D eigenvalue weighted by molar-refractivity contribution is 6.31. The molecule has 2 rings (SSSR count). The molecule has 1 atom stereocenters. The minimum Gasteiger partial charge on any atom is -0.504 e. The minimum atomic E-state index is 0.160. The molecule has 1 fully saturated rings. The van der Waals surface area contributed by atoms with Gasteiger partial charge in [0.15, 0.2) is 11.5 Å². The van der Waals surface area contributed by atoms with Crippen molar-refractivity contribution in [1.29, 1.82) is 0 Å². The molecule has 0 saturated carbocycles. The summed E-state index contributed by atoms with van der Waals surface area (Å²) >= 11 is 6.19. The van der Waals surface area contributed by atoms with E-state index in [0.717, 1.165) is 31.5 Å². The number of methoxy groups -OCH3 is 1. The fraction of sp³-hybridized carbons (Fsp3) is 0.500. The molecule has 0 aromatic heterocycles. The van der Waals surface area contributed by atoms with Crippen molar-refractivity contribution in [2.24, 2.45) is 0 Å². The van der Waals surface area contributed by atoms with Gasteiger partial charge in [0, 0.05) is 23.0 Å². The summed E-state index contributed by atoms with van der Waals surface area (Å²) in [7, 11) is 1.56. The van der Waals surface area contributed by atoms with Crippen LogP contribution >= 0.6 is 11.6 Å². The van der Waals surface area contributed by atoms with Crippen LogP contribution in [0.5, 0.6) is 11.5 Å². The molecule has 2 N–H and O–H groups in total. The molecule has 1 aliphatic heterocycles. The van der Waals surface area contributed by atoms with Crippen molar-refractivity contribution in [3.63, 3.8) is 0 Å². The predicted octanol–water partition coefficient (Wildman–Crippen LogP) is 2.52. The number of hydrogen-bond donors (Lipinski definition) is 2. The highest BCUT2D eigenvalue weighted by Crippen LogP contribution is 2.41. The van der Waals surface area contributed by atoms with Crippen LogP contribution in [-0.2, 0) is 0 Å². The van der Waals surface area contributed by atoms with Crippen molar-refractivity contribution in [3.05, 3.63) is 22.7 Å². The first kappa shape index (κ1) is 11.6. The minimum absolute atomic E-state index is 0.160. The van der Waals surface area contributed by atoms with Gasteiger partial charge in [-0.1, -0.05) is 11.6 Å². The molecule has 0 radical (unpaired) electrons. The molecular weight excluding hydrogens is 226 g/mol. The van der Waals surface area contributed by atoms with E-state index in [9.17, 15) is 5.11 Å². The maximum atomic E-state index is 9.74. The van der Waals surface area contributed by atoms with E-state index in [1.165, 1.54) is 0 Å². The topological polar surface area (TPSA) is 41.5 Å². The third-order valence-corrected chi connectivity index (χ3v) is 3.36. The summed E-state index contributed by atoms with van der Waals surface area (Å²) in [6, 6.07) is 3.30. The monoisotopic (exact) mass is 241 g/mol. The summed E-state index contributed by atoms with van der Waals surface area (Å²) in [6.07, 6.45) is 2.20. The quantitative estimate of drug-likeness (QED) is 0.836. The lowest BCUT2D eigenvalue weighted by Crippen LogP contribution is -2.28. The summed E-state index contributed by atoms with van der Waals surface area (Å²) in [6.45, 7) is 1.94. The van der Waals surface area contributed by atoms with Gasteiger partial charge in [0.1, 0.15) is 0 Å². The third-order valence-electron chi connectivity index (χ3n) is 3.03. The molecule has 1 unspecified atom stereocenters. The van der Waals surface area contributed by atoms with Crippen LogP contribution in [0.4, 0.5) is 0 Å². The molecule has 0 bridgehead atoms. The Bertz CT molecular complexity index is 376. The molecule has 1 saturated heterocycles. The highest BCUT2D eigenvalue weighted by Gasteiger charge is 2.23. The second-order valence-corrected chi connectivity index (χ2v) is 4.46. The molecule has 88 valence electrons. The molecule has 1 aromatic rings. The van der Waals surface area contributed by atoms with Crippen molar-refractivity contribution in [3.8, 4) is 11.5 Å². The number of halogens is 1. The van der Waals surface area contributed by atoms with E-state index in [1.54, 1.807) is 19.2 Å². The van der Waals surface area contributed by atoms with E-state index in [4.69, 9.17) is 16.3 Å². The number of benzene rings is 1. The molecule has 0 aliphatic carbocycles. The van der Waals surface area contributed by atoms with Gasteiger partial charge in [-0.05, 0) is 31.5 Å². The summed E-state index contributed by atoms with van der Waals surface area (Å²) in [4.78, 5) is 0. The summed E-state index contributed by atoms with van der Waals surface area (Å²) < 4.78 is 5.25. The fourth-order valence-electron chi connectivity index (χ4n) is 2.26. The number of phenolic OH excluding ortho intramolecular Hbond substituents is 1. The lowest BCUT2D eigenvalue weighted by atomic mass is 9.90. The average molecular weight is 242 g/mol. The molecule has 4 heteroatoms. The van der Waals surface area contributed by atoms with Crippen LogP contribution in [0.1, 0.15) is 24.3 Å². The lowest BCUT2D eigenvalue weighted by Gasteiger charge is -2.25. The van der Waals surface area contributed by atoms with Gasteiger partial charge in [0.25, 0.3) is 0 Å². The predicted molar refractivity (Wildman–Crippen MR) is 64.5 cm³/mol. The Labute approximate surface area is 100 Å². The zero-order valence-electron chi connectivity index (χ0n) is 9.29. The van der Waals surface area contributed by atoms with Gasteiger partial charge in [-0.25, -0.2) is 0 Å². The van der Waals surface area contributed by atoms with Crippen LogP contribution in [0.25, 0.3) is 0 Å². The summed E-state index contributed by atoms with van der Waals surface area (Å²) in [5, 5.41) is 13.7. The molecule has 16 heavy (non-hydrogen) atoms. The van der Waals surface area contributed by atoms with Gasteiger partial charge in [0.05, 0.1) is 7.11 Å². The van der Waals surface area contributed by atoms with Crippen LogP contribution in [0, 0.1) is 0 Å². The fourth-order valence-corrected chi connectivity index (χ4v) is 2.56. The van der Waals surface area contributed by atoms with Gasteiger partial charge in [-0.3, -0.25) is 0 Å². The van der Waals surface area contributed by atoms with Crippen molar-refractivity contribution < 1.29 is 9.84 Å². The van der Waals surface area contributed by atoms with E-state index in [0.29, 0.717) is 16.7 Å². The van der Waals surface area contributed by atoms with E-state index in [-0.39, 0.29) is 5.75 Å². The summed E-state index contributed by atoms with van der Waals surface area (Å²) in [5.41, 5.74) is 0.927. The van der Waals surface area contributed by atoms with Crippen molar-refractivity contribution >= 4 is 11.6 Å². The second-order valence-electron chi connectivity index (χ2n) is 4.06. The van der Waals surface area contributed by atoms with E-state index in [1.807, 2.05) is 0 Å². The second kappa shape index (κ2) is 4.93. The number of piperidine rings is 1. The standard InChI is InChI=1S/C12H16ClNO2/c1-16-12-10(15)5-4-9(13)11(12)8-3-2-6-14-7-8/h4-5,8,14-15H,2-3,6-7H2,1H3. The maximum Gasteiger partial charge on any atom is 0.165 e. The van der Waals surface area contributed by atoms with Crippen LogP contribution < -0.4 is 10.1 Å². The Balaban J connectivity index is 2.40. The lowest BCUT2D eigenvalue weighted by molar-refractivity contribution is 0.359. The van der Waals surface area contributed by atoms with Gasteiger partial charge in [0.2, 0.25) is 0 Å². The number of aromatic hydroxyl groups is 1. The molecule has 0 amide bonds. The number of ether oxygens (including phenoxy) is 1. The van der Waals surface area contributed by atoms with Crippen molar-refractivity contribution in [2.45, 2.75) is 18.8 Å². The number of hydrogen-bond acceptors (Lipinski definition) is 3. The van der Waals surface area contributed by atoms with E-state index in [2.05, 4.69) is 5.32 Å². The van der Waals surface area contributed by atoms with Crippen LogP contribution in [-0.4, -0.2) is 25.3 Å². The maximum absolute atomic E-state index is 9.74. The Morgan fingerprint density at radius 3 is 2.94 bits per heavy atom. The zero-order valence-corrected chi connectivity index (χ0v) is 10.0. The SMILES string of the molecule is COc1c(O)ccc(Cl)c1C1CCCNC1. The van der Waals surface area contributed by atoms with Gasteiger partial charge >= 0.3 is 0 Å². The van der Waals surface area contributed by atoms with Crippen molar-refractivity contribution in [1.82, 2.24) is 5.32 Å². The average Bonchev–Trinajstić information content (AvgIpc) is 2.33. The summed E-state index contributed by atoms with van der Waals surface area (Å²) in [5.74, 6) is 0.997. The largest absolute Gasteiger partial charge is 0.504 e. The highest BCUT2D eigenvalue weighted by atomic mass is 35.5. The van der Waals surface area contributed by atoms with Crippen molar-refractivity contribution in [2.75, 3.05) is 20.2 Å². The van der Waals surface area contributed by atoms with Crippen LogP contribution in [0.3, 0.4) is 0 Å². The Kier molecular flexibility index (Phi) is 3.56. The number of rotatable bonds is 2. The molecule has 0 spiro atoms. The smallest absolute Gasteiger partial charge is 0.165 e. The van der Waals surface area contributed by atoms with E-state index < -0.39 is 0 Å². The molecule has 3 nitrogen and oxygen atoms in total. The number of nitrogens with one attached hydrogen (secondary N) is 1. The Hall–Kier alpha value is -0.930. The van der Waals surface area contributed by atoms with Gasteiger partial charge < -0.3 is 15.2 Å². The first-order chi connectivity index (χ1) is 7.74.